The Morgan fingerprint density at radius 1 is 2.00 bits per heavy atom. The van der Waals surface area contributed by atoms with Gasteiger partial charge in [-0.25, -0.2) is 0 Å². The third-order valence-electron chi connectivity index (χ3n) is 0.733. The summed E-state index contributed by atoms with van der Waals surface area (Å²) in [6.45, 7) is 0. The Morgan fingerprint density at radius 3 is 2.86 bits per heavy atom. The fourth-order valence-electron chi connectivity index (χ4n) is 0.292. The molecule has 1 atom stereocenters. The van der Waals surface area contributed by atoms with Crippen molar-refractivity contribution in [3.8, 4) is 0 Å². The summed E-state index contributed by atoms with van der Waals surface area (Å²) in [5.74, 6) is -0.188. The van der Waals surface area contributed by atoms with E-state index in [0.29, 0.717) is 10.2 Å². The van der Waals surface area contributed by atoms with Gasteiger partial charge in [0, 0.05) is 16.6 Å². The van der Waals surface area contributed by atoms with Crippen molar-refractivity contribution in [2.24, 2.45) is 4.99 Å². The van der Waals surface area contributed by atoms with Gasteiger partial charge in [0.05, 0.1) is 5.73 Å². The van der Waals surface area contributed by atoms with E-state index < -0.39 is 0 Å². The molecule has 7 heavy (non-hydrogen) atoms. The van der Waals surface area contributed by atoms with Crippen LogP contribution in [0.5, 0.6) is 0 Å². The zero-order chi connectivity index (χ0) is 5.28. The third-order valence-corrected chi connectivity index (χ3v) is 1.46. The highest BCUT2D eigenvalue weighted by molar-refractivity contribution is 6.25. The van der Waals surface area contributed by atoms with Gasteiger partial charge in [-0.1, -0.05) is 0 Å². The van der Waals surface area contributed by atoms with Crippen LogP contribution in [0.15, 0.2) is 4.99 Å². The summed E-state index contributed by atoms with van der Waals surface area (Å²) >= 11 is 0. The fraction of sp³-hybridized carbons (Fsp3) is 0.333. The van der Waals surface area contributed by atoms with Crippen LogP contribution in [-0.2, 0) is 9.53 Å². The average molecular weight is 114 g/mol. The Bertz CT molecular complexity index is 122. The molecule has 0 radical (unpaired) electrons. The Balaban J connectivity index is 2.62. The second-order valence-electron chi connectivity index (χ2n) is 1.30. The van der Waals surface area contributed by atoms with Crippen LogP contribution < -0.4 is 0 Å². The number of hydrogen-bond acceptors (Lipinski definition) is 2. The normalized spacial score (nSPS) is 28.6. The molecule has 1 unspecified atom stereocenters. The zero-order valence-corrected chi connectivity index (χ0v) is 5.84. The molecule has 38 valence electrons. The summed E-state index contributed by atoms with van der Waals surface area (Å²) < 4.78 is 4.56. The fourth-order valence-corrected chi connectivity index (χ4v) is 0.526. The van der Waals surface area contributed by atoms with Crippen molar-refractivity contribution < 1.29 is 9.53 Å². The predicted molar refractivity (Wildman–Crippen MR) is 27.3 cm³/mol. The molecule has 0 saturated carbocycles. The number of aliphatic imine (C=N–C) groups is 1. The second kappa shape index (κ2) is 1.46. The Kier molecular flexibility index (Phi) is 0.939. The minimum atomic E-state index is -0.264. The molecule has 1 rings (SSSR count). The summed E-state index contributed by atoms with van der Waals surface area (Å²) in [6, 6.07) is 0. The van der Waals surface area contributed by atoms with Gasteiger partial charge in [-0.15, -0.1) is 0 Å². The van der Waals surface area contributed by atoms with Gasteiger partial charge in [0.2, 0.25) is 0 Å². The van der Waals surface area contributed by atoms with Crippen LogP contribution in [0.1, 0.15) is 0 Å². The molecule has 0 aliphatic carbocycles. The lowest BCUT2D eigenvalue weighted by Crippen LogP contribution is -2.14. The van der Waals surface area contributed by atoms with Crippen LogP contribution in [0.25, 0.3) is 0 Å². The van der Waals surface area contributed by atoms with E-state index in [1.807, 2.05) is 0 Å². The molecule has 0 spiro atoms. The highest BCUT2D eigenvalue weighted by Crippen LogP contribution is 1.93. The quantitative estimate of drug-likeness (QED) is 0.273. The first-order valence-electron chi connectivity index (χ1n) is 1.96. The molecule has 0 saturated heterocycles. The number of carbonyl (C=O) groups is 1. The predicted octanol–water partition coefficient (Wildman–Crippen LogP) is -1.86. The number of hydrogen-bond donors (Lipinski definition) is 0. The number of carbonyl (C=O) groups excluding carboxylic acids is 1. The minimum absolute atomic E-state index is 0.188. The lowest BCUT2D eigenvalue weighted by Gasteiger charge is -2.03. The summed E-state index contributed by atoms with van der Waals surface area (Å²) in [7, 11) is 0.709. The maximum absolute atomic E-state index is 10.3. The van der Waals surface area contributed by atoms with Crippen LogP contribution in [0.2, 0.25) is 0 Å². The first kappa shape index (κ1) is 4.51. The molecule has 0 N–H and O–H groups in total. The second-order valence-corrected chi connectivity index (χ2v) is 2.35. The Morgan fingerprint density at radius 2 is 2.71 bits per heavy atom. The smallest absolute Gasteiger partial charge is 0.123 e. The maximum Gasteiger partial charge on any atom is 0.123 e. The van der Waals surface area contributed by atoms with Crippen LogP contribution in [0.3, 0.4) is 0 Å². The van der Waals surface area contributed by atoms with Crippen LogP contribution >= 0.6 is 0 Å². The SMILES string of the molecule is O=C1N=[C-]OC1[SiH3]. The van der Waals surface area contributed by atoms with Gasteiger partial charge in [0.15, 0.2) is 0 Å². The first-order chi connectivity index (χ1) is 3.30. The molecule has 0 aromatic carbocycles. The molecule has 4 heteroatoms. The number of nitrogens with zero attached hydrogens (tertiary/aromatic N) is 1. The third kappa shape index (κ3) is 0.689. The van der Waals surface area contributed by atoms with Crippen molar-refractivity contribution in [2.75, 3.05) is 0 Å². The lowest BCUT2D eigenvalue weighted by atomic mass is 10.7. The topological polar surface area (TPSA) is 38.7 Å². The molecule has 0 fully saturated rings. The monoisotopic (exact) mass is 114 g/mol. The van der Waals surface area contributed by atoms with Crippen LogP contribution in [0.4, 0.5) is 0 Å². The van der Waals surface area contributed by atoms with E-state index >= 15 is 0 Å². The molecular formula is C3H4NO2Si-. The van der Waals surface area contributed by atoms with Gasteiger partial charge < -0.3 is 14.5 Å². The Labute approximate surface area is 43.8 Å². The van der Waals surface area contributed by atoms with Gasteiger partial charge in [0.1, 0.15) is 5.91 Å². The van der Waals surface area contributed by atoms with E-state index in [9.17, 15) is 4.79 Å². The number of rotatable bonds is 0. The molecule has 0 bridgehead atoms. The van der Waals surface area contributed by atoms with Crippen molar-refractivity contribution in [2.45, 2.75) is 5.73 Å². The van der Waals surface area contributed by atoms with Gasteiger partial charge >= 0.3 is 0 Å². The summed E-state index contributed by atoms with van der Waals surface area (Å²) in [5, 5.41) is 0. The molecule has 1 amide bonds. The van der Waals surface area contributed by atoms with Crippen LogP contribution in [-0.4, -0.2) is 28.3 Å². The molecule has 0 aromatic heterocycles. The largest absolute Gasteiger partial charge is 0.582 e. The van der Waals surface area contributed by atoms with Crippen molar-refractivity contribution in [3.63, 3.8) is 0 Å². The van der Waals surface area contributed by atoms with E-state index in [1.54, 1.807) is 0 Å². The van der Waals surface area contributed by atoms with Crippen molar-refractivity contribution in [3.05, 3.63) is 0 Å². The van der Waals surface area contributed by atoms with Gasteiger partial charge in [-0.05, 0) is 0 Å². The molecule has 0 aromatic rings. The zero-order valence-electron chi connectivity index (χ0n) is 3.84. The summed E-state index contributed by atoms with van der Waals surface area (Å²) in [6.07, 6.45) is 2.13. The van der Waals surface area contributed by atoms with E-state index in [0.717, 1.165) is 0 Å². The Hall–Kier alpha value is -0.643. The van der Waals surface area contributed by atoms with E-state index in [4.69, 9.17) is 0 Å². The highest BCUT2D eigenvalue weighted by atomic mass is 28.1. The van der Waals surface area contributed by atoms with Gasteiger partial charge in [-0.2, -0.15) is 0 Å². The minimum Gasteiger partial charge on any atom is -0.582 e. The highest BCUT2D eigenvalue weighted by Gasteiger charge is 2.03. The maximum atomic E-state index is 10.3. The van der Waals surface area contributed by atoms with Crippen molar-refractivity contribution in [1.29, 1.82) is 0 Å². The van der Waals surface area contributed by atoms with Crippen molar-refractivity contribution >= 4 is 22.6 Å². The molecular weight excluding hydrogens is 110 g/mol. The van der Waals surface area contributed by atoms with E-state index in [-0.39, 0.29) is 11.6 Å². The van der Waals surface area contributed by atoms with Gasteiger partial charge in [-0.3, -0.25) is 0 Å². The number of ether oxygens (including phenoxy) is 1. The summed E-state index contributed by atoms with van der Waals surface area (Å²) in [5.41, 5.74) is -0.264. The average Bonchev–Trinajstić information content (AvgIpc) is 1.91. The molecule has 1 heterocycles. The standard InChI is InChI=1S/C3H4NO2Si/c5-2-3(7)6-1-4-2/h3H,7H3/q-1. The van der Waals surface area contributed by atoms with E-state index in [2.05, 4.69) is 16.1 Å². The summed E-state index contributed by atoms with van der Waals surface area (Å²) in [4.78, 5) is 13.5. The van der Waals surface area contributed by atoms with Gasteiger partial charge in [0.25, 0.3) is 0 Å². The molecule has 1 aliphatic heterocycles. The molecule has 3 nitrogen and oxygen atoms in total. The number of amides is 1. The molecule has 1 aliphatic rings. The first-order valence-corrected chi connectivity index (χ1v) is 3.11. The van der Waals surface area contributed by atoms with Crippen molar-refractivity contribution in [1.82, 2.24) is 0 Å². The lowest BCUT2D eigenvalue weighted by molar-refractivity contribution is -0.119. The van der Waals surface area contributed by atoms with Crippen LogP contribution in [0, 0.1) is 0 Å². The van der Waals surface area contributed by atoms with E-state index in [1.165, 1.54) is 0 Å².